The second-order valence-corrected chi connectivity index (χ2v) is 5.44. The molecule has 16 heavy (non-hydrogen) atoms. The maximum atomic E-state index is 6.27. The van der Waals surface area contributed by atoms with Crippen molar-refractivity contribution in [3.8, 4) is 0 Å². The van der Waals surface area contributed by atoms with Crippen LogP contribution in [0.15, 0.2) is 0 Å². The highest BCUT2D eigenvalue weighted by atomic mass is 16.5. The van der Waals surface area contributed by atoms with Crippen LogP contribution in [0.2, 0.25) is 0 Å². The van der Waals surface area contributed by atoms with Crippen LogP contribution in [0.3, 0.4) is 0 Å². The summed E-state index contributed by atoms with van der Waals surface area (Å²) in [6.07, 6.45) is 9.39. The number of nitrogens with two attached hydrogens (primary N) is 1. The van der Waals surface area contributed by atoms with E-state index in [-0.39, 0.29) is 0 Å². The molecule has 0 radical (unpaired) electrons. The Balaban J connectivity index is 1.83. The molecule has 0 aromatic carbocycles. The van der Waals surface area contributed by atoms with E-state index in [1.165, 1.54) is 44.9 Å². The molecule has 2 aliphatic rings. The largest absolute Gasteiger partial charge is 0.377 e. The Morgan fingerprint density at radius 3 is 2.69 bits per heavy atom. The van der Waals surface area contributed by atoms with Gasteiger partial charge in [0.1, 0.15) is 0 Å². The highest BCUT2D eigenvalue weighted by molar-refractivity contribution is 4.84. The van der Waals surface area contributed by atoms with Crippen molar-refractivity contribution in [1.82, 2.24) is 4.90 Å². The van der Waals surface area contributed by atoms with Gasteiger partial charge in [-0.1, -0.05) is 19.3 Å². The Bertz CT molecular complexity index is 204. The van der Waals surface area contributed by atoms with E-state index in [4.69, 9.17) is 10.5 Å². The Morgan fingerprint density at radius 2 is 1.94 bits per heavy atom. The van der Waals surface area contributed by atoms with E-state index < -0.39 is 0 Å². The summed E-state index contributed by atoms with van der Waals surface area (Å²) < 4.78 is 5.70. The Labute approximate surface area is 99.3 Å². The molecule has 1 heterocycles. The highest BCUT2D eigenvalue weighted by Gasteiger charge is 2.27. The van der Waals surface area contributed by atoms with E-state index in [0.29, 0.717) is 18.2 Å². The molecule has 0 amide bonds. The molecule has 0 aromatic rings. The maximum absolute atomic E-state index is 6.27. The van der Waals surface area contributed by atoms with Gasteiger partial charge in [0.25, 0.3) is 0 Å². The normalized spacial score (nSPS) is 36.6. The summed E-state index contributed by atoms with van der Waals surface area (Å²) in [7, 11) is 2.22. The number of ether oxygens (including phenoxy) is 1. The van der Waals surface area contributed by atoms with E-state index in [0.717, 1.165) is 13.2 Å². The molecule has 0 spiro atoms. The molecule has 2 rings (SSSR count). The maximum Gasteiger partial charge on any atom is 0.0702 e. The average Bonchev–Trinajstić information content (AvgIpc) is 2.66. The fourth-order valence-corrected chi connectivity index (χ4v) is 3.11. The van der Waals surface area contributed by atoms with Crippen LogP contribution in [-0.2, 0) is 4.74 Å². The fourth-order valence-electron chi connectivity index (χ4n) is 3.11. The number of hydrogen-bond acceptors (Lipinski definition) is 3. The van der Waals surface area contributed by atoms with Crippen LogP contribution in [0, 0.1) is 0 Å². The molecule has 3 unspecified atom stereocenters. The van der Waals surface area contributed by atoms with Crippen molar-refractivity contribution < 1.29 is 4.74 Å². The minimum atomic E-state index is 0.369. The number of rotatable bonds is 3. The van der Waals surface area contributed by atoms with Crippen molar-refractivity contribution in [2.45, 2.75) is 63.1 Å². The fraction of sp³-hybridized carbons (Fsp3) is 1.00. The predicted molar refractivity (Wildman–Crippen MR) is 66.5 cm³/mol. The summed E-state index contributed by atoms with van der Waals surface area (Å²) in [5.74, 6) is 0. The lowest BCUT2D eigenvalue weighted by molar-refractivity contribution is 0.0620. The lowest BCUT2D eigenvalue weighted by atomic mass is 10.0. The smallest absolute Gasteiger partial charge is 0.0702 e. The molecule has 1 aliphatic heterocycles. The molecule has 1 saturated carbocycles. The Hall–Kier alpha value is -0.120. The number of nitrogens with zero attached hydrogens (tertiary/aromatic N) is 1. The standard InChI is InChI=1S/C13H26N2O/c1-15(10-11-6-5-9-16-11)13-8-4-2-3-7-12(13)14/h11-13H,2-10,14H2,1H3. The summed E-state index contributed by atoms with van der Waals surface area (Å²) in [5.41, 5.74) is 6.27. The summed E-state index contributed by atoms with van der Waals surface area (Å²) in [4.78, 5) is 2.45. The van der Waals surface area contributed by atoms with Crippen LogP contribution < -0.4 is 5.73 Å². The van der Waals surface area contributed by atoms with Crippen molar-refractivity contribution in [1.29, 1.82) is 0 Å². The topological polar surface area (TPSA) is 38.5 Å². The van der Waals surface area contributed by atoms with Gasteiger partial charge in [0.05, 0.1) is 6.10 Å². The van der Waals surface area contributed by atoms with Gasteiger partial charge in [-0.15, -0.1) is 0 Å². The minimum Gasteiger partial charge on any atom is -0.377 e. The first-order chi connectivity index (χ1) is 7.77. The lowest BCUT2D eigenvalue weighted by Crippen LogP contribution is -2.47. The first-order valence-corrected chi connectivity index (χ1v) is 6.85. The number of hydrogen-bond donors (Lipinski definition) is 1. The van der Waals surface area contributed by atoms with E-state index in [1.54, 1.807) is 0 Å². The molecule has 94 valence electrons. The molecule has 0 aromatic heterocycles. The van der Waals surface area contributed by atoms with E-state index in [9.17, 15) is 0 Å². The van der Waals surface area contributed by atoms with E-state index >= 15 is 0 Å². The van der Waals surface area contributed by atoms with Gasteiger partial charge in [-0.2, -0.15) is 0 Å². The van der Waals surface area contributed by atoms with Crippen molar-refractivity contribution >= 4 is 0 Å². The third-order valence-electron chi connectivity index (χ3n) is 4.11. The van der Waals surface area contributed by atoms with Crippen molar-refractivity contribution in [3.05, 3.63) is 0 Å². The molecule has 3 nitrogen and oxygen atoms in total. The summed E-state index contributed by atoms with van der Waals surface area (Å²) >= 11 is 0. The molecule has 2 fully saturated rings. The monoisotopic (exact) mass is 226 g/mol. The second kappa shape index (κ2) is 5.99. The average molecular weight is 226 g/mol. The van der Waals surface area contributed by atoms with Gasteiger partial charge in [-0.25, -0.2) is 0 Å². The van der Waals surface area contributed by atoms with Gasteiger partial charge in [-0.3, -0.25) is 4.90 Å². The van der Waals surface area contributed by atoms with Gasteiger partial charge in [0.15, 0.2) is 0 Å². The van der Waals surface area contributed by atoms with Crippen molar-refractivity contribution in [3.63, 3.8) is 0 Å². The molecule has 1 aliphatic carbocycles. The highest BCUT2D eigenvalue weighted by Crippen LogP contribution is 2.22. The van der Waals surface area contributed by atoms with Gasteiger partial charge in [0, 0.05) is 25.2 Å². The van der Waals surface area contributed by atoms with Gasteiger partial charge >= 0.3 is 0 Å². The van der Waals surface area contributed by atoms with Crippen LogP contribution in [-0.4, -0.2) is 43.3 Å². The molecule has 1 saturated heterocycles. The Morgan fingerprint density at radius 1 is 1.12 bits per heavy atom. The van der Waals surface area contributed by atoms with Crippen LogP contribution in [0.1, 0.15) is 44.9 Å². The van der Waals surface area contributed by atoms with Gasteiger partial charge in [-0.05, 0) is 32.7 Å². The van der Waals surface area contributed by atoms with Crippen molar-refractivity contribution in [2.24, 2.45) is 5.73 Å². The minimum absolute atomic E-state index is 0.369. The molecule has 2 N–H and O–H groups in total. The first kappa shape index (κ1) is 12.3. The molecular weight excluding hydrogens is 200 g/mol. The summed E-state index contributed by atoms with van der Waals surface area (Å²) in [6, 6.07) is 0.945. The zero-order valence-corrected chi connectivity index (χ0v) is 10.5. The first-order valence-electron chi connectivity index (χ1n) is 6.85. The molecule has 0 bridgehead atoms. The third kappa shape index (κ3) is 3.19. The van der Waals surface area contributed by atoms with E-state index in [1.807, 2.05) is 0 Å². The molecular formula is C13H26N2O. The second-order valence-electron chi connectivity index (χ2n) is 5.44. The van der Waals surface area contributed by atoms with Crippen LogP contribution in [0.4, 0.5) is 0 Å². The van der Waals surface area contributed by atoms with Gasteiger partial charge < -0.3 is 10.5 Å². The number of likely N-dealkylation sites (N-methyl/N-ethyl adjacent to an activating group) is 1. The van der Waals surface area contributed by atoms with Crippen LogP contribution in [0.5, 0.6) is 0 Å². The predicted octanol–water partition coefficient (Wildman–Crippen LogP) is 1.76. The molecule has 3 heteroatoms. The quantitative estimate of drug-likeness (QED) is 0.745. The van der Waals surface area contributed by atoms with Crippen LogP contribution in [0.25, 0.3) is 0 Å². The van der Waals surface area contributed by atoms with Gasteiger partial charge in [0.2, 0.25) is 0 Å². The van der Waals surface area contributed by atoms with Crippen molar-refractivity contribution in [2.75, 3.05) is 20.2 Å². The molecule has 3 atom stereocenters. The lowest BCUT2D eigenvalue weighted by Gasteiger charge is -2.33. The summed E-state index contributed by atoms with van der Waals surface area (Å²) in [5, 5.41) is 0. The third-order valence-corrected chi connectivity index (χ3v) is 4.11. The zero-order chi connectivity index (χ0) is 11.4. The Kier molecular flexibility index (Phi) is 4.62. The van der Waals surface area contributed by atoms with Crippen LogP contribution >= 0.6 is 0 Å². The zero-order valence-electron chi connectivity index (χ0n) is 10.5. The van der Waals surface area contributed by atoms with E-state index in [2.05, 4.69) is 11.9 Å². The summed E-state index contributed by atoms with van der Waals surface area (Å²) in [6.45, 7) is 2.02. The SMILES string of the molecule is CN(CC1CCCO1)C1CCCCCC1N.